The van der Waals surface area contributed by atoms with E-state index in [1.165, 1.54) is 0 Å². The van der Waals surface area contributed by atoms with Crippen LogP contribution in [0.15, 0.2) is 81.2 Å². The van der Waals surface area contributed by atoms with Crippen LogP contribution in [0.2, 0.25) is 5.02 Å². The van der Waals surface area contributed by atoms with Crippen molar-refractivity contribution in [1.29, 1.82) is 0 Å². The highest BCUT2D eigenvalue weighted by Gasteiger charge is 2.20. The first-order valence-corrected chi connectivity index (χ1v) is 12.0. The number of ether oxygens (including phenoxy) is 2. The van der Waals surface area contributed by atoms with Crippen molar-refractivity contribution in [3.05, 3.63) is 82.1 Å². The summed E-state index contributed by atoms with van der Waals surface area (Å²) in [4.78, 5) is 13.3. The smallest absolute Gasteiger partial charge is 0.235 e. The molecule has 34 heavy (non-hydrogen) atoms. The van der Waals surface area contributed by atoms with Gasteiger partial charge in [0.25, 0.3) is 0 Å². The van der Waals surface area contributed by atoms with E-state index in [4.69, 9.17) is 25.5 Å². The van der Waals surface area contributed by atoms with Crippen LogP contribution in [0.1, 0.15) is 6.42 Å². The van der Waals surface area contributed by atoms with E-state index in [2.05, 4.69) is 10.2 Å². The van der Waals surface area contributed by atoms with Gasteiger partial charge in [0.2, 0.25) is 11.2 Å². The van der Waals surface area contributed by atoms with Crippen LogP contribution < -0.4 is 14.9 Å². The van der Waals surface area contributed by atoms with Crippen LogP contribution in [0.5, 0.6) is 11.5 Å². The molecule has 2 aromatic carbocycles. The molecule has 172 valence electrons. The number of rotatable bonds is 8. The Hall–Kier alpha value is -3.49. The zero-order valence-corrected chi connectivity index (χ0v) is 19.8. The lowest BCUT2D eigenvalue weighted by Crippen LogP contribution is -2.12. The van der Waals surface area contributed by atoms with Crippen LogP contribution in [0, 0.1) is 0 Å². The van der Waals surface area contributed by atoms with Gasteiger partial charge in [-0.15, -0.1) is 10.2 Å². The van der Waals surface area contributed by atoms with E-state index in [0.717, 1.165) is 10.9 Å². The van der Waals surface area contributed by atoms with Crippen molar-refractivity contribution in [2.24, 2.45) is 0 Å². The lowest BCUT2D eigenvalue weighted by Gasteiger charge is -2.13. The number of hydrogen-bond donors (Lipinski definition) is 0. The molecule has 0 aliphatic heterocycles. The second-order valence-electron chi connectivity index (χ2n) is 7.37. The van der Waals surface area contributed by atoms with Gasteiger partial charge in [-0.25, -0.2) is 0 Å². The van der Waals surface area contributed by atoms with E-state index in [1.807, 2.05) is 47.0 Å². The van der Waals surface area contributed by atoms with Crippen LogP contribution in [0.25, 0.3) is 27.9 Å². The molecule has 0 amide bonds. The molecule has 0 unspecified atom stereocenters. The van der Waals surface area contributed by atoms with Crippen LogP contribution in [0.4, 0.5) is 0 Å². The standard InChI is InChI=1S/C25H20ClN3O4S/c1-31-19-11-4-3-9-17(19)22-23(21(30)16-8-2-5-12-20(16)33-22)32-14-7-15-34-25-28-27-24-18(26)10-6-13-29(24)25/h2-6,8-13H,7,14-15H2,1H3. The molecule has 0 saturated carbocycles. The molecule has 5 rings (SSSR count). The van der Waals surface area contributed by atoms with Crippen LogP contribution in [-0.4, -0.2) is 34.1 Å². The molecule has 0 saturated heterocycles. The Morgan fingerprint density at radius 3 is 2.76 bits per heavy atom. The number of thioether (sulfide) groups is 1. The normalized spacial score (nSPS) is 11.2. The van der Waals surface area contributed by atoms with Gasteiger partial charge in [0.15, 0.2) is 16.6 Å². The topological polar surface area (TPSA) is 78.9 Å². The molecule has 0 spiro atoms. The molecule has 0 radical (unpaired) electrons. The van der Waals surface area contributed by atoms with Crippen LogP contribution in [-0.2, 0) is 0 Å². The summed E-state index contributed by atoms with van der Waals surface area (Å²) in [6.07, 6.45) is 2.55. The predicted molar refractivity (Wildman–Crippen MR) is 133 cm³/mol. The number of methoxy groups -OCH3 is 1. The maximum absolute atomic E-state index is 13.3. The highest BCUT2D eigenvalue weighted by Crippen LogP contribution is 2.36. The Labute approximate surface area is 204 Å². The number of pyridine rings is 1. The maximum Gasteiger partial charge on any atom is 0.235 e. The number of para-hydroxylation sites is 2. The molecule has 0 aliphatic carbocycles. The summed E-state index contributed by atoms with van der Waals surface area (Å²) < 4.78 is 19.5. The van der Waals surface area contributed by atoms with E-state index in [-0.39, 0.29) is 11.2 Å². The summed E-state index contributed by atoms with van der Waals surface area (Å²) in [7, 11) is 1.58. The summed E-state index contributed by atoms with van der Waals surface area (Å²) in [5.41, 5.74) is 1.56. The summed E-state index contributed by atoms with van der Waals surface area (Å²) in [6.45, 7) is 0.329. The van der Waals surface area contributed by atoms with Gasteiger partial charge >= 0.3 is 0 Å². The monoisotopic (exact) mass is 493 g/mol. The van der Waals surface area contributed by atoms with Gasteiger partial charge in [-0.2, -0.15) is 0 Å². The lowest BCUT2D eigenvalue weighted by molar-refractivity contribution is 0.309. The third-order valence-electron chi connectivity index (χ3n) is 5.23. The predicted octanol–water partition coefficient (Wildman–Crippen LogP) is 5.73. The molecule has 5 aromatic rings. The Balaban J connectivity index is 1.37. The van der Waals surface area contributed by atoms with Gasteiger partial charge in [-0.3, -0.25) is 9.20 Å². The quantitative estimate of drug-likeness (QED) is 0.202. The van der Waals surface area contributed by atoms with Gasteiger partial charge in [-0.05, 0) is 42.8 Å². The molecule has 9 heteroatoms. The minimum atomic E-state index is -0.214. The average Bonchev–Trinajstić information content (AvgIpc) is 3.29. The molecule has 7 nitrogen and oxygen atoms in total. The summed E-state index contributed by atoms with van der Waals surface area (Å²) in [6, 6.07) is 18.2. The highest BCUT2D eigenvalue weighted by atomic mass is 35.5. The number of aromatic nitrogens is 3. The Morgan fingerprint density at radius 2 is 1.88 bits per heavy atom. The van der Waals surface area contributed by atoms with Gasteiger partial charge in [0, 0.05) is 11.9 Å². The Bertz CT molecular complexity index is 1530. The van der Waals surface area contributed by atoms with Crippen molar-refractivity contribution in [3.63, 3.8) is 0 Å². The SMILES string of the molecule is COc1ccccc1-c1oc2ccccc2c(=O)c1OCCCSc1nnc2c(Cl)cccn12. The van der Waals surface area contributed by atoms with Gasteiger partial charge in [0.05, 0.1) is 29.7 Å². The molecular formula is C25H20ClN3O4S. The van der Waals surface area contributed by atoms with Crippen molar-refractivity contribution >= 4 is 40.0 Å². The van der Waals surface area contributed by atoms with Crippen LogP contribution >= 0.6 is 23.4 Å². The molecule has 0 N–H and O–H groups in total. The molecule has 0 aliphatic rings. The molecule has 0 bridgehead atoms. The number of fused-ring (bicyclic) bond motifs is 2. The lowest BCUT2D eigenvalue weighted by atomic mass is 10.1. The third kappa shape index (κ3) is 4.22. The van der Waals surface area contributed by atoms with E-state index in [9.17, 15) is 4.79 Å². The Morgan fingerprint density at radius 1 is 1.06 bits per heavy atom. The summed E-state index contributed by atoms with van der Waals surface area (Å²) in [5, 5.41) is 10.1. The largest absolute Gasteiger partial charge is 0.496 e. The fourth-order valence-electron chi connectivity index (χ4n) is 3.62. The van der Waals surface area contributed by atoms with Gasteiger partial charge in [-0.1, -0.05) is 47.6 Å². The molecule has 3 aromatic heterocycles. The van der Waals surface area contributed by atoms with Crippen molar-refractivity contribution in [1.82, 2.24) is 14.6 Å². The third-order valence-corrected chi connectivity index (χ3v) is 6.55. The first-order valence-electron chi connectivity index (χ1n) is 10.6. The average molecular weight is 494 g/mol. The molecule has 0 fully saturated rings. The van der Waals surface area contributed by atoms with Crippen molar-refractivity contribution in [3.8, 4) is 22.8 Å². The summed E-state index contributed by atoms with van der Waals surface area (Å²) in [5.74, 6) is 1.84. The van der Waals surface area contributed by atoms with Crippen molar-refractivity contribution in [2.75, 3.05) is 19.5 Å². The zero-order chi connectivity index (χ0) is 23.5. The van der Waals surface area contributed by atoms with E-state index in [1.54, 1.807) is 43.1 Å². The highest BCUT2D eigenvalue weighted by molar-refractivity contribution is 7.99. The van der Waals surface area contributed by atoms with Crippen LogP contribution in [0.3, 0.4) is 0 Å². The van der Waals surface area contributed by atoms with Gasteiger partial charge < -0.3 is 13.9 Å². The Kier molecular flexibility index (Phi) is 6.42. The van der Waals surface area contributed by atoms with E-state index >= 15 is 0 Å². The summed E-state index contributed by atoms with van der Waals surface area (Å²) >= 11 is 7.71. The number of benzene rings is 2. The van der Waals surface area contributed by atoms with E-state index < -0.39 is 0 Å². The fourth-order valence-corrected chi connectivity index (χ4v) is 4.65. The number of hydrogen-bond acceptors (Lipinski definition) is 7. The molecular weight excluding hydrogens is 474 g/mol. The van der Waals surface area contributed by atoms with Crippen molar-refractivity contribution in [2.45, 2.75) is 11.6 Å². The molecule has 0 atom stereocenters. The fraction of sp³-hybridized carbons (Fsp3) is 0.160. The zero-order valence-electron chi connectivity index (χ0n) is 18.2. The second-order valence-corrected chi connectivity index (χ2v) is 8.84. The first-order chi connectivity index (χ1) is 16.7. The first kappa shape index (κ1) is 22.3. The maximum atomic E-state index is 13.3. The minimum Gasteiger partial charge on any atom is -0.496 e. The minimum absolute atomic E-state index is 0.174. The number of halogens is 1. The van der Waals surface area contributed by atoms with Gasteiger partial charge in [0.1, 0.15) is 11.3 Å². The number of nitrogens with zero attached hydrogens (tertiary/aromatic N) is 3. The molecule has 3 heterocycles. The van der Waals surface area contributed by atoms with Crippen molar-refractivity contribution < 1.29 is 13.9 Å². The van der Waals surface area contributed by atoms with E-state index in [0.29, 0.717) is 51.7 Å². The second kappa shape index (κ2) is 9.79.